The number of hydrogen-bond donors (Lipinski definition) is 0. The van der Waals surface area contributed by atoms with E-state index in [-0.39, 0.29) is 23.9 Å². The van der Waals surface area contributed by atoms with Crippen molar-refractivity contribution >= 4 is 21.7 Å². The number of carbonyl (C=O) groups is 1. The van der Waals surface area contributed by atoms with Crippen molar-refractivity contribution in [2.75, 3.05) is 50.8 Å². The molecule has 2 saturated heterocycles. The normalized spacial score (nSPS) is 17.9. The molecule has 1 aromatic carbocycles. The van der Waals surface area contributed by atoms with Gasteiger partial charge >= 0.3 is 0 Å². The maximum atomic E-state index is 13.3. The van der Waals surface area contributed by atoms with Gasteiger partial charge in [-0.2, -0.15) is 4.31 Å². The standard InChI is InChI=1S/C23H30N4O4S/c1-2-31-19-8-10-20(11-9-19)32(29,30)27-17-15-26(16-18-27)23(28)21-7-6-12-24-22(21)25-13-4-3-5-14-25/h6-12H,2-5,13-18H2,1H3. The van der Waals surface area contributed by atoms with Gasteiger partial charge in [0.1, 0.15) is 11.6 Å². The van der Waals surface area contributed by atoms with E-state index in [9.17, 15) is 13.2 Å². The summed E-state index contributed by atoms with van der Waals surface area (Å²) in [6.07, 6.45) is 5.14. The number of aromatic nitrogens is 1. The van der Waals surface area contributed by atoms with Gasteiger partial charge in [-0.25, -0.2) is 13.4 Å². The molecule has 0 aliphatic carbocycles. The van der Waals surface area contributed by atoms with Crippen molar-refractivity contribution in [2.24, 2.45) is 0 Å². The average Bonchev–Trinajstić information content (AvgIpc) is 2.85. The van der Waals surface area contributed by atoms with Gasteiger partial charge in [0.25, 0.3) is 5.91 Å². The minimum absolute atomic E-state index is 0.0863. The Labute approximate surface area is 189 Å². The number of amides is 1. The Kier molecular flexibility index (Phi) is 6.95. The Morgan fingerprint density at radius 1 is 0.969 bits per heavy atom. The van der Waals surface area contributed by atoms with Crippen LogP contribution >= 0.6 is 0 Å². The van der Waals surface area contributed by atoms with E-state index in [0.29, 0.717) is 31.0 Å². The number of anilines is 1. The Balaban J connectivity index is 1.43. The molecule has 0 saturated carbocycles. The summed E-state index contributed by atoms with van der Waals surface area (Å²) in [5.74, 6) is 1.29. The van der Waals surface area contributed by atoms with Crippen molar-refractivity contribution in [3.8, 4) is 5.75 Å². The topological polar surface area (TPSA) is 83.1 Å². The molecule has 2 aliphatic rings. The molecule has 0 atom stereocenters. The number of hydrogen-bond acceptors (Lipinski definition) is 6. The number of pyridine rings is 1. The number of nitrogens with zero attached hydrogens (tertiary/aromatic N) is 4. The third-order valence-electron chi connectivity index (χ3n) is 5.97. The van der Waals surface area contributed by atoms with Crippen LogP contribution in [0.25, 0.3) is 0 Å². The lowest BCUT2D eigenvalue weighted by Crippen LogP contribution is -2.50. The highest BCUT2D eigenvalue weighted by Gasteiger charge is 2.32. The third-order valence-corrected chi connectivity index (χ3v) is 7.88. The van der Waals surface area contributed by atoms with E-state index in [1.54, 1.807) is 41.4 Å². The van der Waals surface area contributed by atoms with Crippen molar-refractivity contribution in [1.29, 1.82) is 0 Å². The molecule has 2 fully saturated rings. The first-order valence-corrected chi connectivity index (χ1v) is 12.7. The van der Waals surface area contributed by atoms with Gasteiger partial charge in [0.2, 0.25) is 10.0 Å². The zero-order valence-corrected chi connectivity index (χ0v) is 19.3. The largest absolute Gasteiger partial charge is 0.494 e. The van der Waals surface area contributed by atoms with Gasteiger partial charge in [0.15, 0.2) is 0 Å². The van der Waals surface area contributed by atoms with Crippen LogP contribution < -0.4 is 9.64 Å². The number of sulfonamides is 1. The molecule has 4 rings (SSSR count). The molecule has 32 heavy (non-hydrogen) atoms. The lowest BCUT2D eigenvalue weighted by molar-refractivity contribution is 0.0698. The Morgan fingerprint density at radius 2 is 1.66 bits per heavy atom. The molecule has 0 spiro atoms. The minimum atomic E-state index is -3.61. The summed E-state index contributed by atoms with van der Waals surface area (Å²) in [4.78, 5) is 21.9. The van der Waals surface area contributed by atoms with Crippen molar-refractivity contribution < 1.29 is 17.9 Å². The van der Waals surface area contributed by atoms with Gasteiger partial charge in [0.05, 0.1) is 17.1 Å². The van der Waals surface area contributed by atoms with Crippen LogP contribution in [-0.2, 0) is 10.0 Å². The number of piperidine rings is 1. The lowest BCUT2D eigenvalue weighted by Gasteiger charge is -2.35. The number of piperazine rings is 1. The molecule has 1 amide bonds. The molecule has 0 N–H and O–H groups in total. The van der Waals surface area contributed by atoms with E-state index in [0.717, 1.165) is 31.7 Å². The maximum Gasteiger partial charge on any atom is 0.257 e. The second-order valence-electron chi connectivity index (χ2n) is 8.02. The fourth-order valence-corrected chi connectivity index (χ4v) is 5.67. The SMILES string of the molecule is CCOc1ccc(S(=O)(=O)N2CCN(C(=O)c3cccnc3N3CCCCC3)CC2)cc1. The molecule has 9 heteroatoms. The van der Waals surface area contributed by atoms with Crippen LogP contribution in [0.2, 0.25) is 0 Å². The summed E-state index contributed by atoms with van der Waals surface area (Å²) in [6.45, 7) is 5.45. The third kappa shape index (κ3) is 4.73. The fourth-order valence-electron chi connectivity index (χ4n) is 4.25. The molecule has 2 aliphatic heterocycles. The summed E-state index contributed by atoms with van der Waals surface area (Å²) in [7, 11) is -3.61. The highest BCUT2D eigenvalue weighted by Crippen LogP contribution is 2.25. The molecule has 3 heterocycles. The first kappa shape index (κ1) is 22.5. The van der Waals surface area contributed by atoms with Gasteiger partial charge in [-0.15, -0.1) is 0 Å². The van der Waals surface area contributed by atoms with E-state index < -0.39 is 10.0 Å². The number of carbonyl (C=O) groups excluding carboxylic acids is 1. The first-order chi connectivity index (χ1) is 15.5. The number of rotatable bonds is 6. The monoisotopic (exact) mass is 458 g/mol. The molecule has 8 nitrogen and oxygen atoms in total. The van der Waals surface area contributed by atoms with Crippen LogP contribution in [0.4, 0.5) is 5.82 Å². The van der Waals surface area contributed by atoms with Crippen LogP contribution in [0.5, 0.6) is 5.75 Å². The van der Waals surface area contributed by atoms with Crippen LogP contribution in [0.15, 0.2) is 47.5 Å². The average molecular weight is 459 g/mol. The zero-order chi connectivity index (χ0) is 22.6. The van der Waals surface area contributed by atoms with E-state index in [1.165, 1.54) is 10.7 Å². The van der Waals surface area contributed by atoms with Gasteiger partial charge in [-0.05, 0) is 62.6 Å². The van der Waals surface area contributed by atoms with E-state index >= 15 is 0 Å². The van der Waals surface area contributed by atoms with Crippen LogP contribution in [0.1, 0.15) is 36.5 Å². The summed E-state index contributed by atoms with van der Waals surface area (Å²) < 4.78 is 32.9. The highest BCUT2D eigenvalue weighted by atomic mass is 32.2. The minimum Gasteiger partial charge on any atom is -0.494 e. The summed E-state index contributed by atoms with van der Waals surface area (Å²) in [5, 5.41) is 0. The predicted molar refractivity (Wildman–Crippen MR) is 123 cm³/mol. The van der Waals surface area contributed by atoms with Crippen molar-refractivity contribution in [3.05, 3.63) is 48.2 Å². The van der Waals surface area contributed by atoms with Gasteiger partial charge in [0, 0.05) is 45.5 Å². The second-order valence-corrected chi connectivity index (χ2v) is 9.96. The van der Waals surface area contributed by atoms with Gasteiger partial charge < -0.3 is 14.5 Å². The molecule has 2 aromatic rings. The first-order valence-electron chi connectivity index (χ1n) is 11.2. The predicted octanol–water partition coefficient (Wildman–Crippen LogP) is 2.62. The van der Waals surface area contributed by atoms with Crippen molar-refractivity contribution in [2.45, 2.75) is 31.1 Å². The maximum absolute atomic E-state index is 13.3. The van der Waals surface area contributed by atoms with E-state index in [1.807, 2.05) is 13.0 Å². The molecule has 0 bridgehead atoms. The smallest absolute Gasteiger partial charge is 0.257 e. The second kappa shape index (κ2) is 9.87. The molecular weight excluding hydrogens is 428 g/mol. The molecular formula is C23H30N4O4S. The van der Waals surface area contributed by atoms with E-state index in [2.05, 4.69) is 9.88 Å². The zero-order valence-electron chi connectivity index (χ0n) is 18.4. The number of ether oxygens (including phenoxy) is 1. The van der Waals surface area contributed by atoms with Crippen LogP contribution in [0.3, 0.4) is 0 Å². The highest BCUT2D eigenvalue weighted by molar-refractivity contribution is 7.89. The van der Waals surface area contributed by atoms with Gasteiger partial charge in [-0.3, -0.25) is 4.79 Å². The van der Waals surface area contributed by atoms with E-state index in [4.69, 9.17) is 4.74 Å². The Bertz CT molecular complexity index is 1030. The summed E-state index contributed by atoms with van der Waals surface area (Å²) in [6, 6.07) is 10.1. The van der Waals surface area contributed by atoms with Crippen LogP contribution in [0, 0.1) is 0 Å². The summed E-state index contributed by atoms with van der Waals surface area (Å²) in [5.41, 5.74) is 0.595. The Hall–Kier alpha value is -2.65. The molecule has 0 radical (unpaired) electrons. The summed E-state index contributed by atoms with van der Waals surface area (Å²) >= 11 is 0. The molecule has 1 aromatic heterocycles. The quantitative estimate of drug-likeness (QED) is 0.662. The van der Waals surface area contributed by atoms with Crippen LogP contribution in [-0.4, -0.2) is 74.4 Å². The fraction of sp³-hybridized carbons (Fsp3) is 0.478. The number of benzene rings is 1. The lowest BCUT2D eigenvalue weighted by atomic mass is 10.1. The molecule has 172 valence electrons. The molecule has 0 unspecified atom stereocenters. The van der Waals surface area contributed by atoms with Crippen molar-refractivity contribution in [3.63, 3.8) is 0 Å². The Morgan fingerprint density at radius 3 is 2.31 bits per heavy atom. The van der Waals surface area contributed by atoms with Gasteiger partial charge in [-0.1, -0.05) is 0 Å². The van der Waals surface area contributed by atoms with Crippen molar-refractivity contribution in [1.82, 2.24) is 14.2 Å².